The van der Waals surface area contributed by atoms with E-state index in [-0.39, 0.29) is 46.9 Å². The Bertz CT molecular complexity index is 1150. The van der Waals surface area contributed by atoms with Gasteiger partial charge in [0.05, 0.1) is 18.7 Å². The second-order valence-corrected chi connectivity index (χ2v) is 7.44. The van der Waals surface area contributed by atoms with E-state index in [1.165, 1.54) is 25.3 Å². The number of alkyl halides is 3. The zero-order chi connectivity index (χ0) is 25.8. The number of benzene rings is 1. The van der Waals surface area contributed by atoms with Crippen molar-refractivity contribution in [3.8, 4) is 23.4 Å². The lowest BCUT2D eigenvalue weighted by Crippen LogP contribution is -2.49. The largest absolute Gasteiger partial charge is 0.493 e. The highest BCUT2D eigenvalue weighted by molar-refractivity contribution is 5.85. The van der Waals surface area contributed by atoms with Gasteiger partial charge in [-0.3, -0.25) is 15.4 Å². The topological polar surface area (TPSA) is 147 Å². The molecule has 1 aromatic carbocycles. The quantitative estimate of drug-likeness (QED) is 0.365. The molecule has 1 aliphatic heterocycles. The predicted octanol–water partition coefficient (Wildman–Crippen LogP) is 2.15. The van der Waals surface area contributed by atoms with Gasteiger partial charge < -0.3 is 24.9 Å². The highest BCUT2D eigenvalue weighted by Crippen LogP contribution is 2.44. The number of Topliss-reactive ketones (excluding diaryl/α,β-unsaturated/α-hetero) is 1. The Morgan fingerprint density at radius 1 is 1.31 bits per heavy atom. The smallest absolute Gasteiger partial charge is 0.449 e. The number of rotatable bonds is 10. The summed E-state index contributed by atoms with van der Waals surface area (Å²) >= 11 is 0. The number of H-pyrrole nitrogens is 1. The number of imidazole rings is 1. The van der Waals surface area contributed by atoms with Gasteiger partial charge >= 0.3 is 6.18 Å². The summed E-state index contributed by atoms with van der Waals surface area (Å²) in [6, 6.07) is 6.41. The van der Waals surface area contributed by atoms with E-state index < -0.39 is 24.1 Å². The molecular formula is C22H25F3N6O4. The van der Waals surface area contributed by atoms with E-state index in [1.54, 1.807) is 0 Å². The van der Waals surface area contributed by atoms with Crippen LogP contribution in [0.3, 0.4) is 0 Å². The van der Waals surface area contributed by atoms with Crippen molar-refractivity contribution in [2.75, 3.05) is 26.8 Å². The standard InChI is InChI=1S/C22H25F3N6O4/c1-4-28-19(29-5-2)13(32)10-34-14-7-6-11(8-15(14)33-3)16-12(9-26)18(27)35-20-17(16)30-21(31-20)22(23,24)25/h6-8,16,19,28-29H,4-5,10,27H2,1-3H3,(H,30,31)/t16-/m0/s1. The van der Waals surface area contributed by atoms with E-state index in [2.05, 4.69) is 20.6 Å². The number of ether oxygens (including phenoxy) is 3. The fourth-order valence-electron chi connectivity index (χ4n) is 3.60. The minimum absolute atomic E-state index is 0.0758. The first-order valence-electron chi connectivity index (χ1n) is 10.7. The molecule has 0 fully saturated rings. The summed E-state index contributed by atoms with van der Waals surface area (Å²) in [4.78, 5) is 18.1. The SMILES string of the molecule is CCNC(NCC)C(=O)COc1ccc([C@H]2C(C#N)=C(N)Oc3nc(C(F)(F)F)[nH]c32)cc1OC. The molecule has 0 radical (unpaired) electrons. The van der Waals surface area contributed by atoms with Crippen LogP contribution in [0.25, 0.3) is 0 Å². The monoisotopic (exact) mass is 494 g/mol. The zero-order valence-electron chi connectivity index (χ0n) is 19.2. The average molecular weight is 494 g/mol. The molecule has 2 aromatic rings. The lowest BCUT2D eigenvalue weighted by molar-refractivity contribution is -0.144. The summed E-state index contributed by atoms with van der Waals surface area (Å²) in [5.41, 5.74) is 6.01. The Balaban J connectivity index is 1.92. The first-order valence-corrected chi connectivity index (χ1v) is 10.7. The van der Waals surface area contributed by atoms with Crippen LogP contribution >= 0.6 is 0 Å². The molecule has 1 atom stereocenters. The van der Waals surface area contributed by atoms with Crippen LogP contribution in [0.15, 0.2) is 29.7 Å². The molecule has 1 aromatic heterocycles. The molecule has 188 valence electrons. The van der Waals surface area contributed by atoms with Crippen molar-refractivity contribution in [1.29, 1.82) is 5.26 Å². The van der Waals surface area contributed by atoms with Gasteiger partial charge in [0.15, 0.2) is 11.5 Å². The number of halogens is 3. The van der Waals surface area contributed by atoms with Crippen molar-refractivity contribution in [2.24, 2.45) is 5.73 Å². The first kappa shape index (κ1) is 25.9. The maximum atomic E-state index is 13.2. The first-order chi connectivity index (χ1) is 16.6. The molecule has 0 spiro atoms. The Hall–Kier alpha value is -3.76. The Morgan fingerprint density at radius 3 is 2.57 bits per heavy atom. The Labute approximate surface area is 199 Å². The molecule has 5 N–H and O–H groups in total. The van der Waals surface area contributed by atoms with E-state index in [9.17, 15) is 23.2 Å². The number of methoxy groups -OCH3 is 1. The van der Waals surface area contributed by atoms with Crippen LogP contribution in [0.2, 0.25) is 0 Å². The van der Waals surface area contributed by atoms with Gasteiger partial charge in [0.1, 0.15) is 24.4 Å². The molecule has 0 saturated carbocycles. The van der Waals surface area contributed by atoms with Crippen LogP contribution in [0.4, 0.5) is 13.2 Å². The van der Waals surface area contributed by atoms with Gasteiger partial charge in [-0.1, -0.05) is 19.9 Å². The zero-order valence-corrected chi connectivity index (χ0v) is 19.2. The molecule has 10 nitrogen and oxygen atoms in total. The maximum Gasteiger partial charge on any atom is 0.449 e. The van der Waals surface area contributed by atoms with Crippen LogP contribution in [0.5, 0.6) is 17.4 Å². The van der Waals surface area contributed by atoms with E-state index >= 15 is 0 Å². The molecule has 0 unspecified atom stereocenters. The van der Waals surface area contributed by atoms with Crippen LogP contribution < -0.4 is 30.6 Å². The van der Waals surface area contributed by atoms with Gasteiger partial charge in [0, 0.05) is 0 Å². The highest BCUT2D eigenvalue weighted by Gasteiger charge is 2.41. The molecule has 1 aliphatic rings. The Morgan fingerprint density at radius 2 is 2.00 bits per heavy atom. The molecule has 3 rings (SSSR count). The number of nitrogens with zero attached hydrogens (tertiary/aromatic N) is 2. The minimum atomic E-state index is -4.76. The van der Waals surface area contributed by atoms with Crippen molar-refractivity contribution in [3.05, 3.63) is 46.7 Å². The number of likely N-dealkylation sites (N-methyl/N-ethyl adjacent to an activating group) is 2. The predicted molar refractivity (Wildman–Crippen MR) is 118 cm³/mol. The molecular weight excluding hydrogens is 469 g/mol. The third-order valence-electron chi connectivity index (χ3n) is 5.16. The third kappa shape index (κ3) is 5.50. The molecule has 13 heteroatoms. The van der Waals surface area contributed by atoms with E-state index in [0.717, 1.165) is 0 Å². The number of nitrogens with one attached hydrogen (secondary N) is 3. The number of nitriles is 1. The summed E-state index contributed by atoms with van der Waals surface area (Å²) in [6.45, 7) is 4.64. The maximum absolute atomic E-state index is 13.2. The Kier molecular flexibility index (Phi) is 7.88. The lowest BCUT2D eigenvalue weighted by atomic mass is 9.87. The number of aromatic nitrogens is 2. The van der Waals surface area contributed by atoms with Crippen molar-refractivity contribution >= 4 is 5.78 Å². The molecule has 0 aliphatic carbocycles. The van der Waals surface area contributed by atoms with Crippen molar-refractivity contribution in [3.63, 3.8) is 0 Å². The fourth-order valence-corrected chi connectivity index (χ4v) is 3.60. The van der Waals surface area contributed by atoms with Gasteiger partial charge in [0.25, 0.3) is 0 Å². The summed E-state index contributed by atoms with van der Waals surface area (Å²) in [5, 5.41) is 15.7. The highest BCUT2D eigenvalue weighted by atomic mass is 19.4. The van der Waals surface area contributed by atoms with Gasteiger partial charge in [0.2, 0.25) is 23.4 Å². The van der Waals surface area contributed by atoms with Crippen LogP contribution in [0.1, 0.15) is 36.8 Å². The number of hydrogen-bond donors (Lipinski definition) is 4. The van der Waals surface area contributed by atoms with Gasteiger partial charge in [-0.25, -0.2) is 0 Å². The molecule has 35 heavy (non-hydrogen) atoms. The van der Waals surface area contributed by atoms with Crippen LogP contribution in [-0.4, -0.2) is 48.7 Å². The van der Waals surface area contributed by atoms with Crippen molar-refractivity contribution < 1.29 is 32.2 Å². The van der Waals surface area contributed by atoms with E-state index in [0.29, 0.717) is 18.7 Å². The average Bonchev–Trinajstić information content (AvgIpc) is 3.25. The third-order valence-corrected chi connectivity index (χ3v) is 5.16. The number of aromatic amines is 1. The van der Waals surface area contributed by atoms with Crippen molar-refractivity contribution in [2.45, 2.75) is 32.1 Å². The number of fused-ring (bicyclic) bond motifs is 1. The van der Waals surface area contributed by atoms with Gasteiger partial charge in [-0.05, 0) is 30.8 Å². The molecule has 0 amide bonds. The number of ketones is 1. The summed E-state index contributed by atoms with van der Waals surface area (Å²) < 4.78 is 55.8. The lowest BCUT2D eigenvalue weighted by Gasteiger charge is -2.23. The second-order valence-electron chi connectivity index (χ2n) is 7.44. The van der Waals surface area contributed by atoms with E-state index in [4.69, 9.17) is 19.9 Å². The number of allylic oxidation sites excluding steroid dienone is 1. The van der Waals surface area contributed by atoms with E-state index in [1.807, 2.05) is 19.9 Å². The summed E-state index contributed by atoms with van der Waals surface area (Å²) in [7, 11) is 1.37. The summed E-state index contributed by atoms with van der Waals surface area (Å²) in [5.74, 6) is -2.81. The normalized spacial score (nSPS) is 15.4. The minimum Gasteiger partial charge on any atom is -0.493 e. The van der Waals surface area contributed by atoms with Crippen LogP contribution in [0, 0.1) is 11.3 Å². The fraction of sp³-hybridized carbons (Fsp3) is 0.409. The number of nitrogens with two attached hydrogens (primary N) is 1. The number of carbonyl (C=O) groups is 1. The molecule has 0 bridgehead atoms. The molecule has 2 heterocycles. The molecule has 0 saturated heterocycles. The van der Waals surface area contributed by atoms with Gasteiger partial charge in [-0.2, -0.15) is 23.4 Å². The second kappa shape index (κ2) is 10.7. The van der Waals surface area contributed by atoms with Crippen LogP contribution in [-0.2, 0) is 11.0 Å². The number of carbonyl (C=O) groups excluding carboxylic acids is 1. The van der Waals surface area contributed by atoms with Gasteiger partial charge in [-0.15, -0.1) is 0 Å². The summed E-state index contributed by atoms with van der Waals surface area (Å²) in [6.07, 6.45) is -5.34. The van der Waals surface area contributed by atoms with Crippen molar-refractivity contribution in [1.82, 2.24) is 20.6 Å². The number of hydrogen-bond acceptors (Lipinski definition) is 9.